The largest absolute Gasteiger partial charge is 0.309 e. The quantitative estimate of drug-likeness (QED) is 0.193. The molecule has 0 fully saturated rings. The molecule has 7 aromatic carbocycles. The van der Waals surface area contributed by atoms with Crippen LogP contribution >= 0.6 is 0 Å². The highest BCUT2D eigenvalue weighted by Gasteiger charge is 2.48. The van der Waals surface area contributed by atoms with Crippen molar-refractivity contribution >= 4 is 54.4 Å². The molecule has 0 radical (unpaired) electrons. The van der Waals surface area contributed by atoms with E-state index in [0.717, 1.165) is 32.9 Å². The Labute approximate surface area is 288 Å². The number of fused-ring (bicyclic) bond motifs is 10. The van der Waals surface area contributed by atoms with Crippen molar-refractivity contribution in [1.82, 2.24) is 14.5 Å². The van der Waals surface area contributed by atoms with Gasteiger partial charge in [-0.25, -0.2) is 0 Å². The van der Waals surface area contributed by atoms with Gasteiger partial charge in [0.05, 0.1) is 33.2 Å². The fourth-order valence-corrected chi connectivity index (χ4v) is 8.84. The molecule has 10 aromatic rings. The Morgan fingerprint density at radius 2 is 1.04 bits per heavy atom. The van der Waals surface area contributed by atoms with Gasteiger partial charge in [-0.05, 0) is 81.2 Å². The number of aromatic nitrogens is 3. The van der Waals surface area contributed by atoms with E-state index in [4.69, 9.17) is 9.97 Å². The predicted molar refractivity (Wildman–Crippen MR) is 206 cm³/mol. The SMILES string of the molecule is c1ccc2c(c1)-c1ccc3c(c1C2(c1cnc2ccccc2c1)c1cnc2ccccc2c1)c1ccccc1n3-c1cccc2ccccc12. The smallest absolute Gasteiger partial charge is 0.0750 e. The first-order chi connectivity index (χ1) is 24.8. The van der Waals surface area contributed by atoms with Crippen LogP contribution in [0.15, 0.2) is 176 Å². The molecule has 3 heterocycles. The van der Waals surface area contributed by atoms with E-state index in [2.05, 4.69) is 181 Å². The second kappa shape index (κ2) is 10.2. The molecule has 0 bridgehead atoms. The topological polar surface area (TPSA) is 30.7 Å². The van der Waals surface area contributed by atoms with Crippen molar-refractivity contribution in [3.8, 4) is 16.8 Å². The second-order valence-electron chi connectivity index (χ2n) is 13.4. The van der Waals surface area contributed by atoms with E-state index in [1.54, 1.807) is 0 Å². The zero-order valence-corrected chi connectivity index (χ0v) is 27.1. The lowest BCUT2D eigenvalue weighted by Crippen LogP contribution is -2.29. The number of hydrogen-bond donors (Lipinski definition) is 0. The van der Waals surface area contributed by atoms with Gasteiger partial charge < -0.3 is 4.57 Å². The van der Waals surface area contributed by atoms with Gasteiger partial charge >= 0.3 is 0 Å². The van der Waals surface area contributed by atoms with Gasteiger partial charge in [0.15, 0.2) is 0 Å². The molecule has 50 heavy (non-hydrogen) atoms. The lowest BCUT2D eigenvalue weighted by atomic mass is 9.67. The number of para-hydroxylation sites is 3. The maximum Gasteiger partial charge on any atom is 0.0750 e. The minimum absolute atomic E-state index is 0.687. The van der Waals surface area contributed by atoms with Crippen molar-refractivity contribution in [2.24, 2.45) is 0 Å². The first-order valence-electron chi connectivity index (χ1n) is 17.2. The van der Waals surface area contributed by atoms with E-state index >= 15 is 0 Å². The summed E-state index contributed by atoms with van der Waals surface area (Å²) in [5, 5.41) is 7.17. The Balaban J connectivity index is 1.36. The van der Waals surface area contributed by atoms with E-state index < -0.39 is 5.41 Å². The van der Waals surface area contributed by atoms with Crippen molar-refractivity contribution in [2.75, 3.05) is 0 Å². The molecule has 232 valence electrons. The van der Waals surface area contributed by atoms with Gasteiger partial charge in [0.1, 0.15) is 0 Å². The van der Waals surface area contributed by atoms with Crippen LogP contribution < -0.4 is 0 Å². The van der Waals surface area contributed by atoms with Gasteiger partial charge in [0, 0.05) is 39.3 Å². The molecule has 0 N–H and O–H groups in total. The standard InChI is InChI=1S/C47H29N3/c1-4-16-35-30(12-1)15-11-23-42(35)50-43-22-10-6-18-38(43)45-44(50)25-24-37-36-17-5-7-19-39(36)47(46(37)45,33-26-31-13-2-8-20-40(31)48-28-33)34-27-32-14-3-9-21-41(32)49-29-34/h1-29H. The van der Waals surface area contributed by atoms with Gasteiger partial charge in [0.25, 0.3) is 0 Å². The highest BCUT2D eigenvalue weighted by Crippen LogP contribution is 2.59. The van der Waals surface area contributed by atoms with Gasteiger partial charge in [-0.15, -0.1) is 0 Å². The predicted octanol–water partition coefficient (Wildman–Crippen LogP) is 11.4. The molecule has 0 aliphatic heterocycles. The first-order valence-corrected chi connectivity index (χ1v) is 17.2. The summed E-state index contributed by atoms with van der Waals surface area (Å²) in [6, 6.07) is 59.4. The number of hydrogen-bond acceptors (Lipinski definition) is 2. The average molecular weight is 636 g/mol. The lowest BCUT2D eigenvalue weighted by molar-refractivity contribution is 0.769. The summed E-state index contributed by atoms with van der Waals surface area (Å²) in [5.74, 6) is 0. The van der Waals surface area contributed by atoms with E-state index in [-0.39, 0.29) is 0 Å². The molecular formula is C47H29N3. The molecule has 0 atom stereocenters. The van der Waals surface area contributed by atoms with Crippen LogP contribution in [0.25, 0.3) is 71.2 Å². The highest BCUT2D eigenvalue weighted by atomic mass is 15.0. The lowest BCUT2D eigenvalue weighted by Gasteiger charge is -2.34. The normalized spacial score (nSPS) is 13.4. The second-order valence-corrected chi connectivity index (χ2v) is 13.4. The van der Waals surface area contributed by atoms with Crippen molar-refractivity contribution in [2.45, 2.75) is 5.41 Å². The molecule has 0 saturated heterocycles. The number of benzene rings is 7. The summed E-state index contributed by atoms with van der Waals surface area (Å²) in [7, 11) is 0. The summed E-state index contributed by atoms with van der Waals surface area (Å²) in [4.78, 5) is 10.2. The maximum atomic E-state index is 5.11. The van der Waals surface area contributed by atoms with Crippen LogP contribution in [0.1, 0.15) is 22.3 Å². The van der Waals surface area contributed by atoms with Crippen molar-refractivity contribution in [1.29, 1.82) is 0 Å². The molecule has 3 nitrogen and oxygen atoms in total. The Morgan fingerprint density at radius 1 is 0.440 bits per heavy atom. The molecule has 0 amide bonds. The van der Waals surface area contributed by atoms with Crippen LogP contribution in [0, 0.1) is 0 Å². The zero-order chi connectivity index (χ0) is 32.8. The molecule has 3 aromatic heterocycles. The van der Waals surface area contributed by atoms with Gasteiger partial charge in [-0.2, -0.15) is 0 Å². The number of nitrogens with zero attached hydrogens (tertiary/aromatic N) is 3. The molecule has 0 saturated carbocycles. The van der Waals surface area contributed by atoms with E-state index in [0.29, 0.717) is 0 Å². The van der Waals surface area contributed by atoms with Crippen LogP contribution in [-0.2, 0) is 5.41 Å². The first kappa shape index (κ1) is 27.4. The van der Waals surface area contributed by atoms with Crippen LogP contribution in [0.4, 0.5) is 0 Å². The van der Waals surface area contributed by atoms with Crippen molar-refractivity contribution in [3.05, 3.63) is 198 Å². The maximum absolute atomic E-state index is 5.11. The fraction of sp³-hybridized carbons (Fsp3) is 0.0213. The van der Waals surface area contributed by atoms with E-state index in [1.165, 1.54) is 60.5 Å². The molecule has 0 unspecified atom stereocenters. The third kappa shape index (κ3) is 3.58. The van der Waals surface area contributed by atoms with E-state index in [9.17, 15) is 0 Å². The monoisotopic (exact) mass is 635 g/mol. The molecule has 11 rings (SSSR count). The zero-order valence-electron chi connectivity index (χ0n) is 27.1. The third-order valence-corrected chi connectivity index (χ3v) is 10.9. The molecule has 0 spiro atoms. The Hall–Kier alpha value is -6.58. The molecular weight excluding hydrogens is 607 g/mol. The molecule has 1 aliphatic rings. The Bertz CT molecular complexity index is 2920. The highest BCUT2D eigenvalue weighted by molar-refractivity contribution is 6.16. The van der Waals surface area contributed by atoms with Crippen LogP contribution in [0.2, 0.25) is 0 Å². The summed E-state index contributed by atoms with van der Waals surface area (Å²) >= 11 is 0. The Kier molecular flexibility index (Phi) is 5.59. The summed E-state index contributed by atoms with van der Waals surface area (Å²) < 4.78 is 2.47. The number of rotatable bonds is 3. The third-order valence-electron chi connectivity index (χ3n) is 10.9. The average Bonchev–Trinajstić information content (AvgIpc) is 3.68. The van der Waals surface area contributed by atoms with Crippen LogP contribution in [-0.4, -0.2) is 14.5 Å². The van der Waals surface area contributed by atoms with Gasteiger partial charge in [-0.1, -0.05) is 121 Å². The molecule has 3 heteroatoms. The Morgan fingerprint density at radius 3 is 1.80 bits per heavy atom. The van der Waals surface area contributed by atoms with Crippen molar-refractivity contribution in [3.63, 3.8) is 0 Å². The summed E-state index contributed by atoms with van der Waals surface area (Å²) in [6.07, 6.45) is 4.21. The summed E-state index contributed by atoms with van der Waals surface area (Å²) in [6.45, 7) is 0. The summed E-state index contributed by atoms with van der Waals surface area (Å²) in [5.41, 5.74) is 12.1. The van der Waals surface area contributed by atoms with Crippen LogP contribution in [0.5, 0.6) is 0 Å². The van der Waals surface area contributed by atoms with E-state index in [1.807, 2.05) is 0 Å². The van der Waals surface area contributed by atoms with Gasteiger partial charge in [-0.3, -0.25) is 9.97 Å². The minimum atomic E-state index is -0.687. The van der Waals surface area contributed by atoms with Crippen LogP contribution in [0.3, 0.4) is 0 Å². The fourth-order valence-electron chi connectivity index (χ4n) is 8.84. The number of pyridine rings is 2. The van der Waals surface area contributed by atoms with Crippen molar-refractivity contribution < 1.29 is 0 Å². The molecule has 1 aliphatic carbocycles. The minimum Gasteiger partial charge on any atom is -0.309 e. The van der Waals surface area contributed by atoms with Gasteiger partial charge in [0.2, 0.25) is 0 Å².